The number of ether oxygens (including phenoxy) is 1. The quantitative estimate of drug-likeness (QED) is 0.755. The summed E-state index contributed by atoms with van der Waals surface area (Å²) < 4.78 is 43.0. The van der Waals surface area contributed by atoms with Crippen LogP contribution in [0.15, 0.2) is 54.6 Å². The van der Waals surface area contributed by atoms with Crippen LogP contribution >= 0.6 is 0 Å². The lowest BCUT2D eigenvalue weighted by Gasteiger charge is -2.42. The molecular formula is C21H20F3NO3. The van der Waals surface area contributed by atoms with Crippen LogP contribution in [0.2, 0.25) is 0 Å². The monoisotopic (exact) mass is 391 g/mol. The van der Waals surface area contributed by atoms with Crippen LogP contribution in [-0.4, -0.2) is 25.0 Å². The molecule has 7 heteroatoms. The maximum atomic E-state index is 12.7. The number of amides is 1. The molecule has 0 saturated heterocycles. The minimum Gasteiger partial charge on any atom is -0.452 e. The largest absolute Gasteiger partial charge is 0.452 e. The van der Waals surface area contributed by atoms with E-state index in [1.165, 1.54) is 6.07 Å². The van der Waals surface area contributed by atoms with Gasteiger partial charge in [-0.05, 0) is 36.6 Å². The number of esters is 1. The molecule has 0 heterocycles. The number of nitrogens with one attached hydrogen (secondary N) is 1. The second-order valence-corrected chi connectivity index (χ2v) is 6.93. The first-order valence-corrected chi connectivity index (χ1v) is 8.97. The highest BCUT2D eigenvalue weighted by Gasteiger charge is 2.38. The van der Waals surface area contributed by atoms with Crippen LogP contribution in [0.1, 0.15) is 40.7 Å². The van der Waals surface area contributed by atoms with Crippen molar-refractivity contribution in [2.24, 2.45) is 0 Å². The van der Waals surface area contributed by atoms with Crippen molar-refractivity contribution in [2.45, 2.75) is 30.9 Å². The molecule has 1 aliphatic rings. The Morgan fingerprint density at radius 3 is 2.36 bits per heavy atom. The number of hydrogen-bond donors (Lipinski definition) is 1. The molecule has 3 rings (SSSR count). The van der Waals surface area contributed by atoms with Crippen molar-refractivity contribution in [1.29, 1.82) is 0 Å². The summed E-state index contributed by atoms with van der Waals surface area (Å²) in [5.74, 6) is -1.45. The third kappa shape index (κ3) is 4.52. The minimum atomic E-state index is -4.55. The van der Waals surface area contributed by atoms with E-state index in [1.807, 2.05) is 30.3 Å². The first-order valence-electron chi connectivity index (χ1n) is 8.97. The molecule has 1 amide bonds. The first-order chi connectivity index (χ1) is 13.3. The molecule has 0 radical (unpaired) electrons. The Morgan fingerprint density at radius 1 is 1.04 bits per heavy atom. The van der Waals surface area contributed by atoms with Crippen LogP contribution in [0.4, 0.5) is 13.2 Å². The van der Waals surface area contributed by atoms with Gasteiger partial charge in [0.2, 0.25) is 0 Å². The predicted octanol–water partition coefficient (Wildman–Crippen LogP) is 4.10. The second-order valence-electron chi connectivity index (χ2n) is 6.93. The number of carbonyl (C=O) groups is 2. The molecule has 0 aliphatic heterocycles. The van der Waals surface area contributed by atoms with Gasteiger partial charge >= 0.3 is 12.1 Å². The van der Waals surface area contributed by atoms with Gasteiger partial charge in [-0.1, -0.05) is 42.8 Å². The Bertz CT molecular complexity index is 845. The van der Waals surface area contributed by atoms with Gasteiger partial charge in [0.25, 0.3) is 5.91 Å². The molecular weight excluding hydrogens is 371 g/mol. The Morgan fingerprint density at radius 2 is 1.75 bits per heavy atom. The first kappa shape index (κ1) is 19.9. The molecule has 2 aromatic carbocycles. The van der Waals surface area contributed by atoms with Gasteiger partial charge in [-0.15, -0.1) is 0 Å². The SMILES string of the molecule is O=C(COC(=O)c1cccc(C(F)(F)F)c1)NCC1(c2ccccc2)CCC1. The number of hydrogen-bond acceptors (Lipinski definition) is 3. The van der Waals surface area contributed by atoms with Crippen LogP contribution in [0.25, 0.3) is 0 Å². The molecule has 0 unspecified atom stereocenters. The molecule has 1 fully saturated rings. The average Bonchev–Trinajstić information content (AvgIpc) is 2.65. The Balaban J connectivity index is 1.53. The lowest BCUT2D eigenvalue weighted by atomic mass is 9.64. The third-order valence-electron chi connectivity index (χ3n) is 5.08. The van der Waals surface area contributed by atoms with Crippen molar-refractivity contribution in [1.82, 2.24) is 5.32 Å². The normalized spacial score (nSPS) is 15.4. The Kier molecular flexibility index (Phi) is 5.72. The average molecular weight is 391 g/mol. The van der Waals surface area contributed by atoms with E-state index in [1.54, 1.807) is 0 Å². The molecule has 0 bridgehead atoms. The molecule has 148 valence electrons. The predicted molar refractivity (Wildman–Crippen MR) is 96.7 cm³/mol. The van der Waals surface area contributed by atoms with Crippen LogP contribution < -0.4 is 5.32 Å². The van der Waals surface area contributed by atoms with Crippen molar-refractivity contribution in [3.05, 3.63) is 71.3 Å². The van der Waals surface area contributed by atoms with Gasteiger partial charge in [-0.2, -0.15) is 13.2 Å². The summed E-state index contributed by atoms with van der Waals surface area (Å²) >= 11 is 0. The highest BCUT2D eigenvalue weighted by Crippen LogP contribution is 2.43. The maximum absolute atomic E-state index is 12.7. The van der Waals surface area contributed by atoms with Crippen molar-refractivity contribution in [3.8, 4) is 0 Å². The van der Waals surface area contributed by atoms with E-state index in [0.29, 0.717) is 12.6 Å². The number of carbonyl (C=O) groups excluding carboxylic acids is 2. The molecule has 4 nitrogen and oxygen atoms in total. The van der Waals surface area contributed by atoms with Crippen molar-refractivity contribution in [3.63, 3.8) is 0 Å². The van der Waals surface area contributed by atoms with Gasteiger partial charge in [0.1, 0.15) is 0 Å². The van der Waals surface area contributed by atoms with E-state index in [0.717, 1.165) is 37.0 Å². The fourth-order valence-electron chi connectivity index (χ4n) is 3.32. The van der Waals surface area contributed by atoms with E-state index >= 15 is 0 Å². The van der Waals surface area contributed by atoms with E-state index < -0.39 is 30.2 Å². The molecule has 2 aromatic rings. The summed E-state index contributed by atoms with van der Waals surface area (Å²) in [4.78, 5) is 24.0. The number of alkyl halides is 3. The van der Waals surface area contributed by atoms with Crippen molar-refractivity contribution < 1.29 is 27.5 Å². The highest BCUT2D eigenvalue weighted by atomic mass is 19.4. The summed E-state index contributed by atoms with van der Waals surface area (Å²) in [5.41, 5.74) is -0.145. The van der Waals surface area contributed by atoms with Crippen LogP contribution in [-0.2, 0) is 21.1 Å². The molecule has 0 aromatic heterocycles. The molecule has 1 aliphatic carbocycles. The molecule has 28 heavy (non-hydrogen) atoms. The van der Waals surface area contributed by atoms with E-state index in [9.17, 15) is 22.8 Å². The highest BCUT2D eigenvalue weighted by molar-refractivity contribution is 5.91. The summed E-state index contributed by atoms with van der Waals surface area (Å²) in [6, 6.07) is 13.8. The fraction of sp³-hybridized carbons (Fsp3) is 0.333. The number of rotatable bonds is 6. The van der Waals surface area contributed by atoms with Gasteiger partial charge in [-0.25, -0.2) is 4.79 Å². The van der Waals surface area contributed by atoms with E-state index in [4.69, 9.17) is 4.74 Å². The number of benzene rings is 2. The van der Waals surface area contributed by atoms with Crippen molar-refractivity contribution in [2.75, 3.05) is 13.2 Å². The Labute approximate surface area is 160 Å². The molecule has 0 spiro atoms. The van der Waals surface area contributed by atoms with Gasteiger partial charge in [0.15, 0.2) is 6.61 Å². The summed E-state index contributed by atoms with van der Waals surface area (Å²) in [7, 11) is 0. The lowest BCUT2D eigenvalue weighted by Crippen LogP contribution is -2.46. The summed E-state index contributed by atoms with van der Waals surface area (Å²) in [5, 5.41) is 2.77. The van der Waals surface area contributed by atoms with Gasteiger partial charge in [0.05, 0.1) is 11.1 Å². The van der Waals surface area contributed by atoms with Crippen LogP contribution in [0.5, 0.6) is 0 Å². The minimum absolute atomic E-state index is 0.109. The molecule has 0 atom stereocenters. The lowest BCUT2D eigenvalue weighted by molar-refractivity contribution is -0.137. The fourth-order valence-corrected chi connectivity index (χ4v) is 3.32. The second kappa shape index (κ2) is 8.04. The standard InChI is InChI=1S/C21H20F3NO3/c22-21(23,24)17-9-4-6-15(12-17)19(27)28-13-18(26)25-14-20(10-5-11-20)16-7-2-1-3-8-16/h1-4,6-9,12H,5,10-11,13-14H2,(H,25,26). The van der Waals surface area contributed by atoms with Gasteiger partial charge in [0, 0.05) is 12.0 Å². The van der Waals surface area contributed by atoms with Crippen molar-refractivity contribution >= 4 is 11.9 Å². The van der Waals surface area contributed by atoms with E-state index in [2.05, 4.69) is 5.32 Å². The Hall–Kier alpha value is -2.83. The number of halogens is 3. The zero-order valence-electron chi connectivity index (χ0n) is 15.1. The third-order valence-corrected chi connectivity index (χ3v) is 5.08. The zero-order chi connectivity index (χ0) is 20.2. The molecule has 1 saturated carbocycles. The van der Waals surface area contributed by atoms with Gasteiger partial charge in [-0.3, -0.25) is 4.79 Å². The topological polar surface area (TPSA) is 55.4 Å². The summed E-state index contributed by atoms with van der Waals surface area (Å²) in [6.07, 6.45) is -1.56. The summed E-state index contributed by atoms with van der Waals surface area (Å²) in [6.45, 7) is -0.114. The smallest absolute Gasteiger partial charge is 0.416 e. The van der Waals surface area contributed by atoms with Gasteiger partial charge < -0.3 is 10.1 Å². The van der Waals surface area contributed by atoms with Crippen LogP contribution in [0.3, 0.4) is 0 Å². The van der Waals surface area contributed by atoms with Crippen LogP contribution in [0, 0.1) is 0 Å². The maximum Gasteiger partial charge on any atom is 0.416 e. The molecule has 1 N–H and O–H groups in total. The van der Waals surface area contributed by atoms with E-state index in [-0.39, 0.29) is 11.0 Å². The zero-order valence-corrected chi connectivity index (χ0v) is 15.1.